The number of nitrogens with one attached hydrogen (secondary N) is 2. The summed E-state index contributed by atoms with van der Waals surface area (Å²) in [6, 6.07) is 0.568. The Morgan fingerprint density at radius 2 is 2.15 bits per heavy atom. The van der Waals surface area contributed by atoms with Crippen LogP contribution in [0.3, 0.4) is 0 Å². The Balaban J connectivity index is 2.09. The summed E-state index contributed by atoms with van der Waals surface area (Å²) in [5.41, 5.74) is 0.402. The van der Waals surface area contributed by atoms with Crippen LogP contribution in [-0.4, -0.2) is 49.1 Å². The first-order chi connectivity index (χ1) is 9.43. The molecule has 3 atom stereocenters. The summed E-state index contributed by atoms with van der Waals surface area (Å²) in [4.78, 5) is 14.8. The highest BCUT2D eigenvalue weighted by Crippen LogP contribution is 2.40. The molecule has 2 rings (SSSR count). The number of hydrogen-bond donors (Lipinski definition) is 2. The molecule has 2 N–H and O–H groups in total. The van der Waals surface area contributed by atoms with Crippen molar-refractivity contribution in [2.24, 2.45) is 11.3 Å². The third kappa shape index (κ3) is 3.73. The number of nitrogens with zero attached hydrogens (tertiary/aromatic N) is 1. The molecule has 1 heterocycles. The van der Waals surface area contributed by atoms with Gasteiger partial charge in [-0.2, -0.15) is 0 Å². The van der Waals surface area contributed by atoms with Gasteiger partial charge in [-0.1, -0.05) is 20.8 Å². The molecule has 0 spiro atoms. The lowest BCUT2D eigenvalue weighted by Crippen LogP contribution is -2.62. The molecule has 2 fully saturated rings. The molecule has 4 heteroatoms. The van der Waals surface area contributed by atoms with Crippen LogP contribution in [0.4, 0.5) is 0 Å². The van der Waals surface area contributed by atoms with Gasteiger partial charge in [0.15, 0.2) is 0 Å². The fourth-order valence-corrected chi connectivity index (χ4v) is 4.24. The molecule has 116 valence electrons. The molecule has 20 heavy (non-hydrogen) atoms. The Labute approximate surface area is 123 Å². The molecule has 0 aromatic carbocycles. The lowest BCUT2D eigenvalue weighted by atomic mass is 9.70. The average Bonchev–Trinajstić information content (AvgIpc) is 2.36. The largest absolute Gasteiger partial charge is 0.355 e. The standard InChI is InChI=1S/C16H31N3O/c1-5-18-15(20)14-11-17-6-7-19(14)13-8-12(2)9-16(3,4)10-13/h12-14,17H,5-11H2,1-4H3,(H,18,20). The van der Waals surface area contributed by atoms with Crippen molar-refractivity contribution in [1.82, 2.24) is 15.5 Å². The molecule has 0 aromatic rings. The zero-order valence-corrected chi connectivity index (χ0v) is 13.5. The van der Waals surface area contributed by atoms with Gasteiger partial charge in [0.1, 0.15) is 6.04 Å². The number of amides is 1. The quantitative estimate of drug-likeness (QED) is 0.826. The predicted octanol–water partition coefficient (Wildman–Crippen LogP) is 1.61. The summed E-state index contributed by atoms with van der Waals surface area (Å²) in [6.07, 6.45) is 3.76. The fourth-order valence-electron chi connectivity index (χ4n) is 4.24. The van der Waals surface area contributed by atoms with Gasteiger partial charge in [0, 0.05) is 32.2 Å². The Bertz CT molecular complexity index is 343. The SMILES string of the molecule is CCNC(=O)C1CNCCN1C1CC(C)CC(C)(C)C1. The summed E-state index contributed by atoms with van der Waals surface area (Å²) >= 11 is 0. The zero-order valence-electron chi connectivity index (χ0n) is 13.5. The lowest BCUT2D eigenvalue weighted by Gasteiger charge is -2.47. The summed E-state index contributed by atoms with van der Waals surface area (Å²) in [6.45, 7) is 12.6. The van der Waals surface area contributed by atoms with Gasteiger partial charge >= 0.3 is 0 Å². The first-order valence-electron chi connectivity index (χ1n) is 8.17. The molecule has 2 aliphatic rings. The van der Waals surface area contributed by atoms with Crippen LogP contribution in [0, 0.1) is 11.3 Å². The molecule has 0 bridgehead atoms. The second kappa shape index (κ2) is 6.44. The minimum atomic E-state index is 0.00907. The number of likely N-dealkylation sites (N-methyl/N-ethyl adjacent to an activating group) is 1. The highest BCUT2D eigenvalue weighted by molar-refractivity contribution is 5.82. The lowest BCUT2D eigenvalue weighted by molar-refractivity contribution is -0.129. The number of carbonyl (C=O) groups is 1. The molecule has 1 saturated carbocycles. The van der Waals surface area contributed by atoms with Crippen LogP contribution in [0.2, 0.25) is 0 Å². The summed E-state index contributed by atoms with van der Waals surface area (Å²) < 4.78 is 0. The van der Waals surface area contributed by atoms with Crippen LogP contribution in [-0.2, 0) is 4.79 Å². The van der Waals surface area contributed by atoms with Crippen LogP contribution in [0.1, 0.15) is 47.0 Å². The minimum Gasteiger partial charge on any atom is -0.355 e. The molecule has 4 nitrogen and oxygen atoms in total. The van der Waals surface area contributed by atoms with Crippen LogP contribution in [0.25, 0.3) is 0 Å². The molecule has 1 saturated heterocycles. The zero-order chi connectivity index (χ0) is 14.8. The van der Waals surface area contributed by atoms with E-state index in [9.17, 15) is 4.79 Å². The fraction of sp³-hybridized carbons (Fsp3) is 0.938. The van der Waals surface area contributed by atoms with E-state index in [-0.39, 0.29) is 11.9 Å². The van der Waals surface area contributed by atoms with Crippen molar-refractivity contribution in [1.29, 1.82) is 0 Å². The molecule has 3 unspecified atom stereocenters. The Morgan fingerprint density at radius 3 is 2.80 bits per heavy atom. The molecule has 1 aliphatic carbocycles. The van der Waals surface area contributed by atoms with Crippen molar-refractivity contribution in [3.05, 3.63) is 0 Å². The third-order valence-corrected chi connectivity index (χ3v) is 4.77. The smallest absolute Gasteiger partial charge is 0.238 e. The maximum atomic E-state index is 12.3. The van der Waals surface area contributed by atoms with Crippen molar-refractivity contribution in [3.8, 4) is 0 Å². The first kappa shape index (κ1) is 15.8. The molecular weight excluding hydrogens is 250 g/mol. The van der Waals surface area contributed by atoms with Crippen LogP contribution in [0.5, 0.6) is 0 Å². The average molecular weight is 281 g/mol. The van der Waals surface area contributed by atoms with Gasteiger partial charge in [-0.25, -0.2) is 0 Å². The van der Waals surface area contributed by atoms with E-state index in [2.05, 4.69) is 36.3 Å². The molecule has 1 amide bonds. The van der Waals surface area contributed by atoms with E-state index in [0.717, 1.165) is 32.1 Å². The van der Waals surface area contributed by atoms with Crippen LogP contribution < -0.4 is 10.6 Å². The van der Waals surface area contributed by atoms with Crippen molar-refractivity contribution >= 4 is 5.91 Å². The molecule has 0 radical (unpaired) electrons. The second-order valence-corrected chi connectivity index (χ2v) is 7.42. The number of rotatable bonds is 3. The van der Waals surface area contributed by atoms with Crippen molar-refractivity contribution in [3.63, 3.8) is 0 Å². The van der Waals surface area contributed by atoms with Gasteiger partial charge in [0.25, 0.3) is 0 Å². The van der Waals surface area contributed by atoms with Crippen LogP contribution >= 0.6 is 0 Å². The van der Waals surface area contributed by atoms with Gasteiger partial charge in [-0.3, -0.25) is 9.69 Å². The van der Waals surface area contributed by atoms with E-state index in [1.807, 2.05) is 6.92 Å². The Kier molecular flexibility index (Phi) is 5.08. The summed E-state index contributed by atoms with van der Waals surface area (Å²) in [5, 5.41) is 6.37. The van der Waals surface area contributed by atoms with E-state index < -0.39 is 0 Å². The predicted molar refractivity (Wildman–Crippen MR) is 82.6 cm³/mol. The normalized spacial score (nSPS) is 34.7. The number of hydrogen-bond acceptors (Lipinski definition) is 3. The van der Waals surface area contributed by atoms with E-state index in [1.54, 1.807) is 0 Å². The third-order valence-electron chi connectivity index (χ3n) is 4.77. The monoisotopic (exact) mass is 281 g/mol. The molecule has 1 aliphatic heterocycles. The van der Waals surface area contributed by atoms with Gasteiger partial charge in [-0.15, -0.1) is 0 Å². The van der Waals surface area contributed by atoms with E-state index in [4.69, 9.17) is 0 Å². The number of piperazine rings is 1. The Morgan fingerprint density at radius 1 is 1.40 bits per heavy atom. The van der Waals surface area contributed by atoms with E-state index in [0.29, 0.717) is 11.5 Å². The maximum Gasteiger partial charge on any atom is 0.238 e. The second-order valence-electron chi connectivity index (χ2n) is 7.42. The summed E-state index contributed by atoms with van der Waals surface area (Å²) in [7, 11) is 0. The van der Waals surface area contributed by atoms with E-state index in [1.165, 1.54) is 19.3 Å². The topological polar surface area (TPSA) is 44.4 Å². The van der Waals surface area contributed by atoms with Crippen molar-refractivity contribution in [2.75, 3.05) is 26.2 Å². The molecular formula is C16H31N3O. The van der Waals surface area contributed by atoms with Crippen molar-refractivity contribution < 1.29 is 4.79 Å². The van der Waals surface area contributed by atoms with Gasteiger partial charge in [-0.05, 0) is 37.5 Å². The van der Waals surface area contributed by atoms with Gasteiger partial charge < -0.3 is 10.6 Å². The summed E-state index contributed by atoms with van der Waals surface area (Å²) in [5.74, 6) is 0.948. The first-order valence-corrected chi connectivity index (χ1v) is 8.17. The number of carbonyl (C=O) groups excluding carboxylic acids is 1. The highest BCUT2D eigenvalue weighted by Gasteiger charge is 2.39. The Hall–Kier alpha value is -0.610. The van der Waals surface area contributed by atoms with Crippen LogP contribution in [0.15, 0.2) is 0 Å². The van der Waals surface area contributed by atoms with Gasteiger partial charge in [0.05, 0.1) is 0 Å². The van der Waals surface area contributed by atoms with Gasteiger partial charge in [0.2, 0.25) is 5.91 Å². The molecule has 0 aromatic heterocycles. The van der Waals surface area contributed by atoms with Crippen molar-refractivity contribution in [2.45, 2.75) is 59.0 Å². The highest BCUT2D eigenvalue weighted by atomic mass is 16.2. The maximum absolute atomic E-state index is 12.3. The van der Waals surface area contributed by atoms with E-state index >= 15 is 0 Å². The minimum absolute atomic E-state index is 0.00907.